The molecule has 0 radical (unpaired) electrons. The molecule has 9 heteroatoms. The number of rotatable bonds is 4. The molecule has 20 heavy (non-hydrogen) atoms. The summed E-state index contributed by atoms with van der Waals surface area (Å²) in [6.45, 7) is 1.47. The fraction of sp³-hybridized carbons (Fsp3) is 0.636. The maximum Gasteiger partial charge on any atom is 0.324 e. The normalized spacial score (nSPS) is 18.9. The third-order valence-corrected chi connectivity index (χ3v) is 6.61. The molecule has 1 saturated carbocycles. The number of aromatic nitrogens is 1. The molecule has 0 bridgehead atoms. The van der Waals surface area contributed by atoms with Gasteiger partial charge >= 0.3 is 10.8 Å². The molecule has 112 valence electrons. The van der Waals surface area contributed by atoms with Crippen molar-refractivity contribution < 1.29 is 18.3 Å². The third kappa shape index (κ3) is 2.79. The van der Waals surface area contributed by atoms with Gasteiger partial charge in [-0.15, -0.1) is 0 Å². The van der Waals surface area contributed by atoms with E-state index >= 15 is 0 Å². The van der Waals surface area contributed by atoms with Gasteiger partial charge in [0.1, 0.15) is 5.54 Å². The molecule has 2 rings (SSSR count). The SMILES string of the molecule is Cc1[nH]c(=O)sc1S(=O)(=O)NC1(C(=O)O)CCCCC1. The molecule has 1 heterocycles. The Hall–Kier alpha value is -1.19. The average molecular weight is 320 g/mol. The van der Waals surface area contributed by atoms with E-state index in [2.05, 4.69) is 9.71 Å². The van der Waals surface area contributed by atoms with Gasteiger partial charge in [0.05, 0.1) is 0 Å². The Bertz CT molecular complexity index is 667. The average Bonchev–Trinajstić information content (AvgIpc) is 2.70. The van der Waals surface area contributed by atoms with Crippen LogP contribution in [-0.4, -0.2) is 30.0 Å². The van der Waals surface area contributed by atoms with Gasteiger partial charge in [-0.05, 0) is 19.8 Å². The van der Waals surface area contributed by atoms with Crippen LogP contribution in [0.1, 0.15) is 37.8 Å². The van der Waals surface area contributed by atoms with Crippen LogP contribution in [0.3, 0.4) is 0 Å². The molecule has 1 fully saturated rings. The van der Waals surface area contributed by atoms with Crippen LogP contribution in [-0.2, 0) is 14.8 Å². The summed E-state index contributed by atoms with van der Waals surface area (Å²) in [6.07, 6.45) is 2.75. The Morgan fingerprint density at radius 1 is 1.35 bits per heavy atom. The van der Waals surface area contributed by atoms with Gasteiger partial charge in [0.2, 0.25) is 0 Å². The maximum atomic E-state index is 12.3. The summed E-state index contributed by atoms with van der Waals surface area (Å²) < 4.78 is 26.8. The molecule has 0 aliphatic heterocycles. The number of hydrogen-bond acceptors (Lipinski definition) is 5. The van der Waals surface area contributed by atoms with Crippen LogP contribution in [0.25, 0.3) is 0 Å². The van der Waals surface area contributed by atoms with Crippen molar-refractivity contribution in [1.29, 1.82) is 0 Å². The number of carboxylic acids is 1. The van der Waals surface area contributed by atoms with Crippen molar-refractivity contribution in [2.45, 2.75) is 48.8 Å². The number of aryl methyl sites for hydroxylation is 1. The number of aromatic amines is 1. The van der Waals surface area contributed by atoms with Crippen LogP contribution >= 0.6 is 11.3 Å². The van der Waals surface area contributed by atoms with Gasteiger partial charge in [-0.25, -0.2) is 8.42 Å². The Kier molecular flexibility index (Phi) is 4.03. The monoisotopic (exact) mass is 320 g/mol. The third-order valence-electron chi connectivity index (χ3n) is 3.47. The van der Waals surface area contributed by atoms with E-state index in [-0.39, 0.29) is 22.7 Å². The summed E-state index contributed by atoms with van der Waals surface area (Å²) >= 11 is 0.566. The summed E-state index contributed by atoms with van der Waals surface area (Å²) in [6, 6.07) is 0. The molecule has 3 N–H and O–H groups in total. The number of nitrogens with one attached hydrogen (secondary N) is 2. The first-order valence-corrected chi connectivity index (χ1v) is 8.54. The van der Waals surface area contributed by atoms with Gasteiger partial charge in [0.15, 0.2) is 4.21 Å². The van der Waals surface area contributed by atoms with E-state index in [9.17, 15) is 23.1 Å². The lowest BCUT2D eigenvalue weighted by molar-refractivity contribution is -0.145. The summed E-state index contributed by atoms with van der Waals surface area (Å²) in [5, 5.41) is 9.38. The zero-order valence-electron chi connectivity index (χ0n) is 10.9. The van der Waals surface area contributed by atoms with Crippen LogP contribution in [0.5, 0.6) is 0 Å². The topological polar surface area (TPSA) is 116 Å². The van der Waals surface area contributed by atoms with E-state index in [1.165, 1.54) is 6.92 Å². The van der Waals surface area contributed by atoms with Crippen LogP contribution in [0.15, 0.2) is 9.00 Å². The number of aliphatic carboxylic acids is 1. The Balaban J connectivity index is 2.37. The van der Waals surface area contributed by atoms with Gasteiger partial charge in [-0.2, -0.15) is 4.72 Å². The Morgan fingerprint density at radius 2 is 1.95 bits per heavy atom. The molecule has 0 atom stereocenters. The first-order valence-electron chi connectivity index (χ1n) is 6.24. The molecular formula is C11H16N2O5S2. The van der Waals surface area contributed by atoms with E-state index in [1.807, 2.05) is 0 Å². The lowest BCUT2D eigenvalue weighted by atomic mass is 9.83. The molecule has 1 aromatic heterocycles. The van der Waals surface area contributed by atoms with Crippen LogP contribution in [0, 0.1) is 6.92 Å². The minimum absolute atomic E-state index is 0.145. The predicted molar refractivity (Wildman–Crippen MR) is 73.5 cm³/mol. The lowest BCUT2D eigenvalue weighted by Gasteiger charge is -2.33. The summed E-state index contributed by atoms with van der Waals surface area (Å²) in [5.74, 6) is -1.17. The van der Waals surface area contributed by atoms with E-state index in [0.717, 1.165) is 6.42 Å². The number of sulfonamides is 1. The van der Waals surface area contributed by atoms with E-state index in [4.69, 9.17) is 0 Å². The van der Waals surface area contributed by atoms with Crippen molar-refractivity contribution in [3.8, 4) is 0 Å². The number of H-pyrrole nitrogens is 1. The minimum atomic E-state index is -4.02. The highest BCUT2D eigenvalue weighted by atomic mass is 32.2. The van der Waals surface area contributed by atoms with Crippen molar-refractivity contribution in [2.24, 2.45) is 0 Å². The quantitative estimate of drug-likeness (QED) is 0.759. The minimum Gasteiger partial charge on any atom is -0.480 e. The molecule has 1 aliphatic carbocycles. The number of carbonyl (C=O) groups is 1. The van der Waals surface area contributed by atoms with E-state index in [0.29, 0.717) is 24.2 Å². The van der Waals surface area contributed by atoms with E-state index < -0.39 is 26.4 Å². The van der Waals surface area contributed by atoms with Gasteiger partial charge in [-0.3, -0.25) is 9.59 Å². The highest BCUT2D eigenvalue weighted by molar-refractivity contribution is 7.91. The fourth-order valence-electron chi connectivity index (χ4n) is 2.47. The first-order chi connectivity index (χ1) is 9.27. The molecular weight excluding hydrogens is 304 g/mol. The van der Waals surface area contributed by atoms with Crippen LogP contribution in [0.2, 0.25) is 0 Å². The summed E-state index contributed by atoms with van der Waals surface area (Å²) in [5.41, 5.74) is -1.24. The van der Waals surface area contributed by atoms with Crippen LogP contribution < -0.4 is 9.60 Å². The lowest BCUT2D eigenvalue weighted by Crippen LogP contribution is -2.55. The standard InChI is InChI=1S/C11H16N2O5S2/c1-7-8(19-10(16)12-7)20(17,18)13-11(9(14)15)5-3-2-4-6-11/h13H,2-6H2,1H3,(H,12,16)(H,14,15). The second-order valence-corrected chi connectivity index (χ2v) is 7.84. The van der Waals surface area contributed by atoms with Gasteiger partial charge < -0.3 is 10.1 Å². The second-order valence-electron chi connectivity index (χ2n) is 4.98. The van der Waals surface area contributed by atoms with Crippen molar-refractivity contribution in [3.05, 3.63) is 15.4 Å². The second kappa shape index (κ2) is 5.30. The van der Waals surface area contributed by atoms with Crippen molar-refractivity contribution in [2.75, 3.05) is 0 Å². The van der Waals surface area contributed by atoms with Gasteiger partial charge in [-0.1, -0.05) is 30.6 Å². The molecule has 1 aromatic rings. The Morgan fingerprint density at radius 3 is 2.40 bits per heavy atom. The van der Waals surface area contributed by atoms with Crippen molar-refractivity contribution >= 4 is 27.3 Å². The van der Waals surface area contributed by atoms with Crippen LogP contribution in [0.4, 0.5) is 0 Å². The van der Waals surface area contributed by atoms with Gasteiger partial charge in [0.25, 0.3) is 10.0 Å². The first kappa shape index (κ1) is 15.2. The molecule has 7 nitrogen and oxygen atoms in total. The zero-order valence-corrected chi connectivity index (χ0v) is 12.6. The van der Waals surface area contributed by atoms with Gasteiger partial charge in [0, 0.05) is 5.69 Å². The number of thiazole rings is 1. The molecule has 0 saturated heterocycles. The van der Waals surface area contributed by atoms with Crippen molar-refractivity contribution in [3.63, 3.8) is 0 Å². The predicted octanol–water partition coefficient (Wildman–Crippen LogP) is 0.811. The number of hydrogen-bond donors (Lipinski definition) is 3. The molecule has 1 aliphatic rings. The Labute approximate surface area is 120 Å². The highest BCUT2D eigenvalue weighted by Gasteiger charge is 2.43. The summed E-state index contributed by atoms with van der Waals surface area (Å²) in [4.78, 5) is 24.6. The van der Waals surface area contributed by atoms with Crippen molar-refractivity contribution in [1.82, 2.24) is 9.71 Å². The highest BCUT2D eigenvalue weighted by Crippen LogP contribution is 2.31. The summed E-state index contributed by atoms with van der Waals surface area (Å²) in [7, 11) is -4.02. The maximum absolute atomic E-state index is 12.3. The zero-order chi connectivity index (χ0) is 15.0. The van der Waals surface area contributed by atoms with E-state index in [1.54, 1.807) is 0 Å². The molecule has 0 amide bonds. The largest absolute Gasteiger partial charge is 0.480 e. The fourth-order valence-corrected chi connectivity index (χ4v) is 5.19. The molecule has 0 spiro atoms. The smallest absolute Gasteiger partial charge is 0.324 e. The molecule has 0 aromatic carbocycles. The molecule has 0 unspecified atom stereocenters. The number of carboxylic acid groups (broad SMARTS) is 1.